The number of amides is 1. The summed E-state index contributed by atoms with van der Waals surface area (Å²) in [6, 6.07) is 0. The topological polar surface area (TPSA) is 60.4 Å². The van der Waals surface area contributed by atoms with Crippen LogP contribution in [0.3, 0.4) is 0 Å². The lowest BCUT2D eigenvalue weighted by Crippen LogP contribution is -2.46. The monoisotopic (exact) mass is 379 g/mol. The van der Waals surface area contributed by atoms with E-state index in [-0.39, 0.29) is 12.5 Å². The maximum atomic E-state index is 12.0. The van der Waals surface area contributed by atoms with Gasteiger partial charge in [-0.05, 0) is 24.7 Å². The second-order valence-corrected chi connectivity index (χ2v) is 8.54. The van der Waals surface area contributed by atoms with Gasteiger partial charge >= 0.3 is 0 Å². The van der Waals surface area contributed by atoms with Crippen molar-refractivity contribution in [3.63, 3.8) is 0 Å². The van der Waals surface area contributed by atoms with Crippen LogP contribution in [0.25, 0.3) is 0 Å². The maximum Gasteiger partial charge on any atom is 0.243 e. The van der Waals surface area contributed by atoms with Gasteiger partial charge in [0.05, 0.1) is 13.2 Å². The van der Waals surface area contributed by atoms with Gasteiger partial charge in [-0.3, -0.25) is 9.69 Å². The molecule has 0 radical (unpaired) electrons. The van der Waals surface area contributed by atoms with Gasteiger partial charge in [-0.1, -0.05) is 19.3 Å². The Morgan fingerprint density at radius 2 is 1.85 bits per heavy atom. The Morgan fingerprint density at radius 3 is 2.56 bits per heavy atom. The summed E-state index contributed by atoms with van der Waals surface area (Å²) in [6.45, 7) is 7.87. The number of morpholine rings is 1. The minimum absolute atomic E-state index is 0.0501. The van der Waals surface area contributed by atoms with E-state index in [1.54, 1.807) is 19.0 Å². The van der Waals surface area contributed by atoms with Gasteiger partial charge in [0, 0.05) is 53.4 Å². The van der Waals surface area contributed by atoms with Crippen LogP contribution in [0, 0.1) is 5.41 Å². The summed E-state index contributed by atoms with van der Waals surface area (Å²) < 4.78 is 5.42. The van der Waals surface area contributed by atoms with E-state index < -0.39 is 0 Å². The zero-order valence-electron chi connectivity index (χ0n) is 17.2. The third-order valence-corrected chi connectivity index (χ3v) is 6.33. The summed E-state index contributed by atoms with van der Waals surface area (Å²) in [6.07, 6.45) is 8.08. The highest BCUT2D eigenvalue weighted by atomic mass is 16.5. The average Bonchev–Trinajstić information content (AvgIpc) is 3.08. The van der Waals surface area contributed by atoms with Gasteiger partial charge in [0.1, 0.15) is 6.54 Å². The summed E-state index contributed by atoms with van der Waals surface area (Å²) >= 11 is 0. The zero-order valence-corrected chi connectivity index (χ0v) is 17.2. The van der Waals surface area contributed by atoms with Crippen molar-refractivity contribution in [2.24, 2.45) is 10.4 Å². The fourth-order valence-electron chi connectivity index (χ4n) is 4.53. The largest absolute Gasteiger partial charge is 0.379 e. The second-order valence-electron chi connectivity index (χ2n) is 8.54. The van der Waals surface area contributed by atoms with Crippen molar-refractivity contribution in [1.29, 1.82) is 0 Å². The van der Waals surface area contributed by atoms with E-state index >= 15 is 0 Å². The maximum absolute atomic E-state index is 12.0. The van der Waals surface area contributed by atoms with Crippen molar-refractivity contribution in [1.82, 2.24) is 20.0 Å². The molecule has 7 heteroatoms. The Labute approximate surface area is 164 Å². The summed E-state index contributed by atoms with van der Waals surface area (Å²) in [7, 11) is 3.58. The van der Waals surface area contributed by atoms with Crippen molar-refractivity contribution in [3.05, 3.63) is 0 Å². The molecule has 3 fully saturated rings. The number of carbonyl (C=O) groups excluding carboxylic acids is 1. The van der Waals surface area contributed by atoms with E-state index in [1.165, 1.54) is 38.5 Å². The van der Waals surface area contributed by atoms with Crippen LogP contribution in [0.1, 0.15) is 38.5 Å². The molecule has 0 aromatic carbocycles. The molecule has 3 aliphatic rings. The first-order chi connectivity index (χ1) is 13.1. The first-order valence-electron chi connectivity index (χ1n) is 10.6. The van der Waals surface area contributed by atoms with E-state index in [4.69, 9.17) is 4.74 Å². The second kappa shape index (κ2) is 9.73. The number of likely N-dealkylation sites (tertiary alicyclic amines) is 1. The van der Waals surface area contributed by atoms with Crippen LogP contribution in [0.15, 0.2) is 4.99 Å². The SMILES string of the molecule is CN(C)C(=O)CN=C(NCCN1CCOCC1)N1CCC2(CCCCC2)C1. The highest BCUT2D eigenvalue weighted by Crippen LogP contribution is 2.43. The van der Waals surface area contributed by atoms with Crippen LogP contribution >= 0.6 is 0 Å². The minimum atomic E-state index is 0.0501. The quantitative estimate of drug-likeness (QED) is 0.571. The minimum Gasteiger partial charge on any atom is -0.379 e. The number of nitrogens with one attached hydrogen (secondary N) is 1. The fraction of sp³-hybridized carbons (Fsp3) is 0.900. The van der Waals surface area contributed by atoms with E-state index in [0.29, 0.717) is 5.41 Å². The Bertz CT molecular complexity index is 511. The number of ether oxygens (including phenoxy) is 1. The Hall–Kier alpha value is -1.34. The Morgan fingerprint density at radius 1 is 1.11 bits per heavy atom. The van der Waals surface area contributed by atoms with Gasteiger partial charge in [-0.15, -0.1) is 0 Å². The van der Waals surface area contributed by atoms with E-state index in [9.17, 15) is 4.79 Å². The number of guanidine groups is 1. The smallest absolute Gasteiger partial charge is 0.243 e. The van der Waals surface area contributed by atoms with Crippen LogP contribution in [0.5, 0.6) is 0 Å². The van der Waals surface area contributed by atoms with Gasteiger partial charge in [0.15, 0.2) is 5.96 Å². The van der Waals surface area contributed by atoms with Gasteiger partial charge in [0.2, 0.25) is 5.91 Å². The normalized spacial score (nSPS) is 23.6. The molecule has 0 aromatic heterocycles. The molecule has 2 heterocycles. The number of hydrogen-bond donors (Lipinski definition) is 1. The summed E-state index contributed by atoms with van der Waals surface area (Å²) in [5, 5.41) is 3.55. The van der Waals surface area contributed by atoms with Crippen LogP contribution in [0.2, 0.25) is 0 Å². The molecule has 2 aliphatic heterocycles. The number of hydrogen-bond acceptors (Lipinski definition) is 4. The average molecular weight is 380 g/mol. The predicted molar refractivity (Wildman–Crippen MR) is 108 cm³/mol. The van der Waals surface area contributed by atoms with Gasteiger partial charge in [-0.2, -0.15) is 0 Å². The molecule has 0 unspecified atom stereocenters. The van der Waals surface area contributed by atoms with Gasteiger partial charge in [-0.25, -0.2) is 4.99 Å². The van der Waals surface area contributed by atoms with E-state index in [2.05, 4.69) is 20.1 Å². The molecule has 7 nitrogen and oxygen atoms in total. The Kier molecular flexibility index (Phi) is 7.35. The number of likely N-dealkylation sites (N-methyl/N-ethyl adjacent to an activating group) is 1. The molecule has 2 saturated heterocycles. The fourth-order valence-corrected chi connectivity index (χ4v) is 4.53. The molecule has 3 rings (SSSR count). The van der Waals surface area contributed by atoms with Crippen molar-refractivity contribution >= 4 is 11.9 Å². The third kappa shape index (κ3) is 5.82. The first-order valence-corrected chi connectivity index (χ1v) is 10.6. The van der Waals surface area contributed by atoms with Crippen LogP contribution in [-0.2, 0) is 9.53 Å². The summed E-state index contributed by atoms with van der Waals surface area (Å²) in [4.78, 5) is 23.1. The lowest BCUT2D eigenvalue weighted by Gasteiger charge is -2.34. The number of carbonyl (C=O) groups is 1. The van der Waals surface area contributed by atoms with Crippen molar-refractivity contribution in [2.45, 2.75) is 38.5 Å². The molecule has 1 N–H and O–H groups in total. The molecule has 27 heavy (non-hydrogen) atoms. The molecule has 1 saturated carbocycles. The summed E-state index contributed by atoms with van der Waals surface area (Å²) in [5.41, 5.74) is 0.483. The molecule has 1 aliphatic carbocycles. The predicted octanol–water partition coefficient (Wildman–Crippen LogP) is 1.01. The molecular weight excluding hydrogens is 342 g/mol. The highest BCUT2D eigenvalue weighted by molar-refractivity contribution is 5.85. The third-order valence-electron chi connectivity index (χ3n) is 6.33. The summed E-state index contributed by atoms with van der Waals surface area (Å²) in [5.74, 6) is 0.968. The van der Waals surface area contributed by atoms with Gasteiger partial charge < -0.3 is 19.9 Å². The Balaban J connectivity index is 1.57. The number of nitrogens with zero attached hydrogens (tertiary/aromatic N) is 4. The van der Waals surface area contributed by atoms with Crippen LogP contribution in [0.4, 0.5) is 0 Å². The van der Waals surface area contributed by atoms with Crippen molar-refractivity contribution in [2.75, 3.05) is 73.1 Å². The molecule has 1 amide bonds. The van der Waals surface area contributed by atoms with Crippen molar-refractivity contribution < 1.29 is 9.53 Å². The lowest BCUT2D eigenvalue weighted by molar-refractivity contribution is -0.127. The van der Waals surface area contributed by atoms with Gasteiger partial charge in [0.25, 0.3) is 0 Å². The molecular formula is C20H37N5O2. The van der Waals surface area contributed by atoms with Crippen LogP contribution in [-0.4, -0.2) is 99.7 Å². The van der Waals surface area contributed by atoms with Crippen LogP contribution < -0.4 is 5.32 Å². The lowest BCUT2D eigenvalue weighted by atomic mass is 9.73. The molecule has 1 spiro atoms. The molecule has 154 valence electrons. The molecule has 0 bridgehead atoms. The molecule has 0 aromatic rings. The number of rotatable bonds is 5. The first kappa shape index (κ1) is 20.4. The van der Waals surface area contributed by atoms with E-state index in [0.717, 1.165) is 58.4 Å². The van der Waals surface area contributed by atoms with Crippen molar-refractivity contribution in [3.8, 4) is 0 Å². The van der Waals surface area contributed by atoms with E-state index in [1.807, 2.05) is 0 Å². The standard InChI is InChI=1S/C20H37N5O2/c1-23(2)18(26)16-22-19(21-9-11-24-12-14-27-15-13-24)25-10-8-20(17-25)6-4-3-5-7-20/h3-17H2,1-2H3,(H,21,22). The number of aliphatic imine (C=N–C) groups is 1. The highest BCUT2D eigenvalue weighted by Gasteiger charge is 2.39. The molecule has 0 atom stereocenters. The zero-order chi connectivity index (χ0) is 19.1.